The predicted molar refractivity (Wildman–Crippen MR) is 104 cm³/mol. The van der Waals surface area contributed by atoms with Crippen molar-refractivity contribution in [3.63, 3.8) is 0 Å². The molecule has 0 atom stereocenters. The maximum atomic E-state index is 12.2. The van der Waals surface area contributed by atoms with Crippen LogP contribution in [0.4, 0.5) is 4.79 Å². The molecule has 2 rings (SSSR count). The Balaban J connectivity index is 0.000000765. The van der Waals surface area contributed by atoms with Crippen molar-refractivity contribution < 1.29 is 19.8 Å². The first kappa shape index (κ1) is 22.6. The molecule has 1 fully saturated rings. The topological polar surface area (TPSA) is 86.6 Å². The average Bonchev–Trinajstić information content (AvgIpc) is 2.49. The highest BCUT2D eigenvalue weighted by Crippen LogP contribution is 2.37. The van der Waals surface area contributed by atoms with Crippen molar-refractivity contribution in [2.24, 2.45) is 11.3 Å². The normalized spacial score (nSPS) is 19.9. The molecule has 1 amide bonds. The number of halogens is 2. The highest BCUT2D eigenvalue weighted by molar-refractivity contribution is 6.35. The van der Waals surface area contributed by atoms with Crippen LogP contribution in [0.15, 0.2) is 18.2 Å². The Morgan fingerprint density at radius 2 is 1.65 bits per heavy atom. The minimum Gasteiger partial charge on any atom is -0.450 e. The van der Waals surface area contributed by atoms with Crippen LogP contribution in [0, 0.1) is 11.3 Å². The number of carboxylic acid groups (broad SMARTS) is 2. The number of hydrogen-bond acceptors (Lipinski definition) is 2. The maximum Gasteiger partial charge on any atom is 0.503 e. The molecule has 0 saturated heterocycles. The molecule has 0 aliphatic heterocycles. The lowest BCUT2D eigenvalue weighted by Crippen LogP contribution is -2.40. The van der Waals surface area contributed by atoms with Crippen molar-refractivity contribution in [1.29, 1.82) is 0 Å². The summed E-state index contributed by atoms with van der Waals surface area (Å²) in [7, 11) is 0. The maximum absolute atomic E-state index is 12.2. The van der Waals surface area contributed by atoms with Crippen LogP contribution in [-0.4, -0.2) is 28.3 Å². The van der Waals surface area contributed by atoms with Gasteiger partial charge >= 0.3 is 6.16 Å². The highest BCUT2D eigenvalue weighted by Gasteiger charge is 2.30. The van der Waals surface area contributed by atoms with Gasteiger partial charge in [0.25, 0.3) is 0 Å². The van der Waals surface area contributed by atoms with Crippen LogP contribution in [0.1, 0.15) is 52.0 Å². The lowest BCUT2D eigenvalue weighted by atomic mass is 9.71. The van der Waals surface area contributed by atoms with Crippen LogP contribution < -0.4 is 5.32 Å². The summed E-state index contributed by atoms with van der Waals surface area (Å²) in [6.45, 7) is 6.91. The summed E-state index contributed by atoms with van der Waals surface area (Å²) in [4.78, 5) is 20.7. The summed E-state index contributed by atoms with van der Waals surface area (Å²) in [6, 6.07) is 5.57. The molecule has 1 aliphatic rings. The number of nitrogens with one attached hydrogen (secondary N) is 1. The largest absolute Gasteiger partial charge is 0.503 e. The zero-order valence-electron chi connectivity index (χ0n) is 15.4. The summed E-state index contributed by atoms with van der Waals surface area (Å²) < 4.78 is 0. The van der Waals surface area contributed by atoms with E-state index in [-0.39, 0.29) is 5.91 Å². The standard InChI is InChI=1S/C18H25Cl2NO.CH2O3/c1-18(2,3)13-5-8-15(9-6-13)21-17(22)10-12-4-7-14(19)11-16(12)20;2-1(3)4/h4,7,11,13,15H,5-6,8-10H2,1-3H3,(H,21,22);(H2,2,3,4). The van der Waals surface area contributed by atoms with Gasteiger partial charge in [-0.3, -0.25) is 4.79 Å². The van der Waals surface area contributed by atoms with Crippen molar-refractivity contribution in [3.8, 4) is 0 Å². The number of carbonyl (C=O) groups excluding carboxylic acids is 1. The number of benzene rings is 1. The fraction of sp³-hybridized carbons (Fsp3) is 0.579. The van der Waals surface area contributed by atoms with Gasteiger partial charge in [-0.2, -0.15) is 0 Å². The van der Waals surface area contributed by atoms with Crippen LogP contribution in [-0.2, 0) is 11.2 Å². The number of hydrogen-bond donors (Lipinski definition) is 3. The number of rotatable bonds is 3. The summed E-state index contributed by atoms with van der Waals surface area (Å²) in [5.41, 5.74) is 1.19. The minimum absolute atomic E-state index is 0.0448. The summed E-state index contributed by atoms with van der Waals surface area (Å²) >= 11 is 12.0. The van der Waals surface area contributed by atoms with Gasteiger partial charge in [0.2, 0.25) is 5.91 Å². The van der Waals surface area contributed by atoms with E-state index in [2.05, 4.69) is 26.1 Å². The molecule has 7 heteroatoms. The van der Waals surface area contributed by atoms with Crippen LogP contribution in [0.5, 0.6) is 0 Å². The first-order chi connectivity index (χ1) is 12.0. The third-order valence-corrected chi connectivity index (χ3v) is 5.27. The fourth-order valence-corrected chi connectivity index (χ4v) is 3.70. The SMILES string of the molecule is CC(C)(C)C1CCC(NC(=O)Cc2ccc(Cl)cc2Cl)CC1.O=C(O)O. The number of carbonyl (C=O) groups is 2. The Bertz CT molecular complexity index is 616. The second-order valence-corrected chi connectivity index (χ2v) is 8.52. The molecule has 0 aromatic heterocycles. The third-order valence-electron chi connectivity index (χ3n) is 4.68. The van der Waals surface area contributed by atoms with E-state index >= 15 is 0 Å². The molecule has 146 valence electrons. The minimum atomic E-state index is -1.83. The van der Waals surface area contributed by atoms with E-state index in [9.17, 15) is 4.79 Å². The molecule has 1 saturated carbocycles. The lowest BCUT2D eigenvalue weighted by molar-refractivity contribution is -0.121. The Morgan fingerprint density at radius 3 is 2.12 bits per heavy atom. The molecule has 26 heavy (non-hydrogen) atoms. The molecule has 0 spiro atoms. The van der Waals surface area contributed by atoms with Crippen molar-refractivity contribution in [3.05, 3.63) is 33.8 Å². The van der Waals surface area contributed by atoms with Crippen LogP contribution in [0.3, 0.4) is 0 Å². The van der Waals surface area contributed by atoms with Crippen molar-refractivity contribution in [2.75, 3.05) is 0 Å². The summed E-state index contributed by atoms with van der Waals surface area (Å²) in [6.07, 6.45) is 3.01. The first-order valence-corrected chi connectivity index (χ1v) is 9.39. The van der Waals surface area contributed by atoms with Gasteiger partial charge in [0, 0.05) is 16.1 Å². The molecule has 1 aromatic carbocycles. The lowest BCUT2D eigenvalue weighted by Gasteiger charge is -2.37. The van der Waals surface area contributed by atoms with Gasteiger partial charge in [0.1, 0.15) is 0 Å². The molecular weight excluding hydrogens is 377 g/mol. The van der Waals surface area contributed by atoms with Gasteiger partial charge in [-0.05, 0) is 54.7 Å². The van der Waals surface area contributed by atoms with Crippen molar-refractivity contribution in [1.82, 2.24) is 5.32 Å². The van der Waals surface area contributed by atoms with E-state index in [1.54, 1.807) is 12.1 Å². The highest BCUT2D eigenvalue weighted by atomic mass is 35.5. The summed E-state index contributed by atoms with van der Waals surface area (Å²) in [5, 5.41) is 18.2. The molecule has 0 radical (unpaired) electrons. The Labute approximate surface area is 164 Å². The molecule has 1 aromatic rings. The van der Waals surface area contributed by atoms with E-state index in [4.69, 9.17) is 38.2 Å². The molecule has 1 aliphatic carbocycles. The molecule has 0 heterocycles. The van der Waals surface area contributed by atoms with E-state index in [1.807, 2.05) is 6.07 Å². The summed E-state index contributed by atoms with van der Waals surface area (Å²) in [5.74, 6) is 0.801. The van der Waals surface area contributed by atoms with Crippen molar-refractivity contribution in [2.45, 2.75) is 58.9 Å². The zero-order chi connectivity index (χ0) is 19.9. The Kier molecular flexibility index (Phi) is 8.71. The monoisotopic (exact) mass is 403 g/mol. The van der Waals surface area contributed by atoms with Crippen LogP contribution in [0.25, 0.3) is 0 Å². The second kappa shape index (κ2) is 10.0. The van der Waals surface area contributed by atoms with Gasteiger partial charge in [0.05, 0.1) is 6.42 Å². The van der Waals surface area contributed by atoms with Crippen molar-refractivity contribution >= 4 is 35.3 Å². The molecule has 5 nitrogen and oxygen atoms in total. The van der Waals surface area contributed by atoms with Gasteiger partial charge in [-0.1, -0.05) is 50.0 Å². The third kappa shape index (κ3) is 8.28. The van der Waals surface area contributed by atoms with Gasteiger partial charge in [0.15, 0.2) is 0 Å². The molecule has 0 unspecified atom stereocenters. The van der Waals surface area contributed by atoms with Gasteiger partial charge in [-0.15, -0.1) is 0 Å². The fourth-order valence-electron chi connectivity index (χ4n) is 3.22. The van der Waals surface area contributed by atoms with E-state index < -0.39 is 6.16 Å². The molecule has 3 N–H and O–H groups in total. The predicted octanol–water partition coefficient (Wildman–Crippen LogP) is 5.48. The Morgan fingerprint density at radius 1 is 1.12 bits per heavy atom. The van der Waals surface area contributed by atoms with Gasteiger partial charge in [-0.25, -0.2) is 4.79 Å². The first-order valence-electron chi connectivity index (χ1n) is 8.64. The number of amides is 1. The average molecular weight is 404 g/mol. The van der Waals surface area contributed by atoms with E-state index in [0.717, 1.165) is 24.3 Å². The quantitative estimate of drug-likeness (QED) is 0.623. The van der Waals surface area contributed by atoms with E-state index in [0.29, 0.717) is 27.9 Å². The zero-order valence-corrected chi connectivity index (χ0v) is 16.9. The second-order valence-electron chi connectivity index (χ2n) is 7.68. The van der Waals surface area contributed by atoms with E-state index in [1.165, 1.54) is 12.8 Å². The van der Waals surface area contributed by atoms with Crippen LogP contribution in [0.2, 0.25) is 10.0 Å². The Hall–Kier alpha value is -1.46. The molecule has 0 bridgehead atoms. The van der Waals surface area contributed by atoms with Gasteiger partial charge < -0.3 is 15.5 Å². The van der Waals surface area contributed by atoms with Crippen LogP contribution >= 0.6 is 23.2 Å². The smallest absolute Gasteiger partial charge is 0.450 e. The molecular formula is C19H27Cl2NO4.